The molecule has 4 heteroatoms. The Morgan fingerprint density at radius 3 is 1.94 bits per heavy atom. The molecule has 1 atom stereocenters. The summed E-state index contributed by atoms with van der Waals surface area (Å²) in [6.07, 6.45) is 5.65. The normalized spacial score (nSPS) is 11.9. The van der Waals surface area contributed by atoms with Crippen LogP contribution in [-0.4, -0.2) is 40.9 Å². The van der Waals surface area contributed by atoms with E-state index < -0.39 is 0 Å². The van der Waals surface area contributed by atoms with Crippen molar-refractivity contribution in [2.75, 3.05) is 50.7 Å². The van der Waals surface area contributed by atoms with Crippen molar-refractivity contribution in [2.24, 2.45) is 0 Å². The first-order chi connectivity index (χ1) is 15.0. The molecule has 0 heterocycles. The average molecular weight is 427 g/mol. The van der Waals surface area contributed by atoms with Gasteiger partial charge in [0.25, 0.3) is 0 Å². The van der Waals surface area contributed by atoms with Crippen LogP contribution in [-0.2, 0) is 4.74 Å². The molecule has 0 aliphatic rings. The lowest BCUT2D eigenvalue weighted by Crippen LogP contribution is -2.25. The molecule has 0 N–H and O–H groups in total. The summed E-state index contributed by atoms with van der Waals surface area (Å²) in [6.45, 7) is 9.52. The molecule has 0 fully saturated rings. The SMILES string of the molecule is CCCCN(CCCC)c1ccc(C(OCCC)c2ccc(N(C)C)cc2)c(OC)c1. The lowest BCUT2D eigenvalue weighted by molar-refractivity contribution is 0.0788. The van der Waals surface area contributed by atoms with E-state index >= 15 is 0 Å². The molecule has 0 bridgehead atoms. The number of hydrogen-bond donors (Lipinski definition) is 0. The Kier molecular flexibility index (Phi) is 10.7. The lowest BCUT2D eigenvalue weighted by Gasteiger charge is -2.27. The maximum atomic E-state index is 6.33. The molecule has 2 aromatic rings. The number of unbranched alkanes of at least 4 members (excludes halogenated alkanes) is 2. The summed E-state index contributed by atoms with van der Waals surface area (Å²) in [5.41, 5.74) is 4.66. The van der Waals surface area contributed by atoms with Crippen LogP contribution in [0.2, 0.25) is 0 Å². The van der Waals surface area contributed by atoms with Gasteiger partial charge in [-0.05, 0) is 43.0 Å². The number of ether oxygens (including phenoxy) is 2. The Bertz CT molecular complexity index is 750. The highest BCUT2D eigenvalue weighted by atomic mass is 16.5. The molecule has 2 rings (SSSR count). The Labute approximate surface area is 190 Å². The Morgan fingerprint density at radius 1 is 0.806 bits per heavy atom. The van der Waals surface area contributed by atoms with Crippen molar-refractivity contribution < 1.29 is 9.47 Å². The van der Waals surface area contributed by atoms with Gasteiger partial charge in [-0.15, -0.1) is 0 Å². The summed E-state index contributed by atoms with van der Waals surface area (Å²) in [5.74, 6) is 0.897. The molecule has 0 saturated heterocycles. The lowest BCUT2D eigenvalue weighted by atomic mass is 9.99. The molecule has 0 radical (unpaired) electrons. The topological polar surface area (TPSA) is 24.9 Å². The van der Waals surface area contributed by atoms with Gasteiger partial charge in [0.05, 0.1) is 7.11 Å². The number of benzene rings is 2. The van der Waals surface area contributed by atoms with Gasteiger partial charge in [-0.3, -0.25) is 0 Å². The highest BCUT2D eigenvalue weighted by Gasteiger charge is 2.20. The molecular formula is C27H42N2O2. The zero-order chi connectivity index (χ0) is 22.6. The van der Waals surface area contributed by atoms with Gasteiger partial charge in [0.1, 0.15) is 11.9 Å². The van der Waals surface area contributed by atoms with Crippen LogP contribution < -0.4 is 14.5 Å². The van der Waals surface area contributed by atoms with Gasteiger partial charge in [-0.1, -0.05) is 51.8 Å². The van der Waals surface area contributed by atoms with E-state index in [1.165, 1.54) is 37.1 Å². The molecule has 172 valence electrons. The van der Waals surface area contributed by atoms with Crippen LogP contribution in [0.3, 0.4) is 0 Å². The van der Waals surface area contributed by atoms with E-state index in [1.807, 2.05) is 0 Å². The first kappa shape index (κ1) is 25.1. The second-order valence-corrected chi connectivity index (χ2v) is 8.36. The van der Waals surface area contributed by atoms with Crippen LogP contribution in [0.15, 0.2) is 42.5 Å². The number of anilines is 2. The van der Waals surface area contributed by atoms with Crippen molar-refractivity contribution in [3.05, 3.63) is 53.6 Å². The molecule has 0 aliphatic heterocycles. The maximum absolute atomic E-state index is 6.33. The van der Waals surface area contributed by atoms with Crippen molar-refractivity contribution in [1.82, 2.24) is 0 Å². The van der Waals surface area contributed by atoms with Crippen molar-refractivity contribution in [2.45, 2.75) is 59.0 Å². The highest BCUT2D eigenvalue weighted by Crippen LogP contribution is 2.36. The van der Waals surface area contributed by atoms with Crippen molar-refractivity contribution >= 4 is 11.4 Å². The highest BCUT2D eigenvalue weighted by molar-refractivity contribution is 5.56. The Morgan fingerprint density at radius 2 is 1.42 bits per heavy atom. The summed E-state index contributed by atoms with van der Waals surface area (Å²) in [5, 5.41) is 0. The summed E-state index contributed by atoms with van der Waals surface area (Å²) >= 11 is 0. The fraction of sp³-hybridized carbons (Fsp3) is 0.556. The molecule has 1 unspecified atom stereocenters. The maximum Gasteiger partial charge on any atom is 0.127 e. The smallest absolute Gasteiger partial charge is 0.127 e. The third-order valence-corrected chi connectivity index (χ3v) is 5.63. The monoisotopic (exact) mass is 426 g/mol. The van der Waals surface area contributed by atoms with Crippen LogP contribution in [0.5, 0.6) is 5.75 Å². The number of rotatable bonds is 14. The van der Waals surface area contributed by atoms with Crippen LogP contribution in [0.4, 0.5) is 11.4 Å². The number of nitrogens with zero attached hydrogens (tertiary/aromatic N) is 2. The van der Waals surface area contributed by atoms with E-state index in [2.05, 4.69) is 87.1 Å². The van der Waals surface area contributed by atoms with Gasteiger partial charge < -0.3 is 19.3 Å². The Hall–Kier alpha value is -2.20. The quantitative estimate of drug-likeness (QED) is 0.336. The van der Waals surface area contributed by atoms with Crippen LogP contribution in [0, 0.1) is 0 Å². The van der Waals surface area contributed by atoms with E-state index in [0.717, 1.165) is 36.4 Å². The van der Waals surface area contributed by atoms with Gasteiger partial charge in [0.2, 0.25) is 0 Å². The van der Waals surface area contributed by atoms with Crippen LogP contribution >= 0.6 is 0 Å². The van der Waals surface area contributed by atoms with E-state index in [4.69, 9.17) is 9.47 Å². The van der Waals surface area contributed by atoms with Crippen LogP contribution in [0.1, 0.15) is 70.1 Å². The molecule has 0 spiro atoms. The summed E-state index contributed by atoms with van der Waals surface area (Å²) in [4.78, 5) is 4.61. The third-order valence-electron chi connectivity index (χ3n) is 5.63. The van der Waals surface area contributed by atoms with E-state index in [0.29, 0.717) is 6.61 Å². The Balaban J connectivity index is 2.38. The predicted octanol–water partition coefficient (Wildman–Crippen LogP) is 6.68. The second kappa shape index (κ2) is 13.3. The van der Waals surface area contributed by atoms with E-state index in [1.54, 1.807) is 7.11 Å². The summed E-state index contributed by atoms with van der Waals surface area (Å²) in [7, 11) is 5.88. The van der Waals surface area contributed by atoms with Crippen LogP contribution in [0.25, 0.3) is 0 Å². The summed E-state index contributed by atoms with van der Waals surface area (Å²) < 4.78 is 12.2. The number of hydrogen-bond acceptors (Lipinski definition) is 4. The van der Waals surface area contributed by atoms with E-state index in [9.17, 15) is 0 Å². The molecule has 0 saturated carbocycles. The van der Waals surface area contributed by atoms with E-state index in [-0.39, 0.29) is 6.10 Å². The molecular weight excluding hydrogens is 384 g/mol. The molecule has 4 nitrogen and oxygen atoms in total. The predicted molar refractivity (Wildman–Crippen MR) is 134 cm³/mol. The van der Waals surface area contributed by atoms with Gasteiger partial charge in [0.15, 0.2) is 0 Å². The zero-order valence-corrected chi connectivity index (χ0v) is 20.5. The molecule has 0 aliphatic carbocycles. The summed E-state index contributed by atoms with van der Waals surface area (Å²) in [6, 6.07) is 15.2. The first-order valence-corrected chi connectivity index (χ1v) is 11.9. The standard InChI is InChI=1S/C27H42N2O2/c1-7-10-18-29(19-11-8-2)24-16-17-25(26(21-24)30-6)27(31-20-9-3)22-12-14-23(15-13-22)28(4)5/h12-17,21,27H,7-11,18-20H2,1-6H3. The van der Waals surface area contributed by atoms with Gasteiger partial charge in [-0.25, -0.2) is 0 Å². The van der Waals surface area contributed by atoms with Gasteiger partial charge >= 0.3 is 0 Å². The fourth-order valence-corrected chi connectivity index (χ4v) is 3.73. The zero-order valence-electron chi connectivity index (χ0n) is 20.5. The largest absolute Gasteiger partial charge is 0.496 e. The van der Waals surface area contributed by atoms with Crippen molar-refractivity contribution in [1.29, 1.82) is 0 Å². The minimum Gasteiger partial charge on any atom is -0.496 e. The third kappa shape index (κ3) is 7.17. The minimum atomic E-state index is -0.139. The molecule has 2 aromatic carbocycles. The first-order valence-electron chi connectivity index (χ1n) is 11.9. The van der Waals surface area contributed by atoms with Crippen molar-refractivity contribution in [3.8, 4) is 5.75 Å². The molecule has 31 heavy (non-hydrogen) atoms. The second-order valence-electron chi connectivity index (χ2n) is 8.36. The molecule has 0 aromatic heterocycles. The number of methoxy groups -OCH3 is 1. The minimum absolute atomic E-state index is 0.139. The van der Waals surface area contributed by atoms with Gasteiger partial charge in [-0.2, -0.15) is 0 Å². The average Bonchev–Trinajstić information content (AvgIpc) is 2.80. The fourth-order valence-electron chi connectivity index (χ4n) is 3.73. The molecule has 0 amide bonds. The van der Waals surface area contributed by atoms with Gasteiger partial charge in [0, 0.05) is 56.8 Å². The van der Waals surface area contributed by atoms with Crippen molar-refractivity contribution in [3.63, 3.8) is 0 Å².